The van der Waals surface area contributed by atoms with E-state index in [9.17, 15) is 4.79 Å². The Morgan fingerprint density at radius 2 is 2.19 bits per heavy atom. The maximum Gasteiger partial charge on any atom is 0.255 e. The summed E-state index contributed by atoms with van der Waals surface area (Å²) in [5.41, 5.74) is 5.82. The largest absolute Gasteiger partial charge is 0.496 e. The highest BCUT2D eigenvalue weighted by atomic mass is 16.5. The minimum atomic E-state index is -0.154. The molecule has 0 radical (unpaired) electrons. The number of ether oxygens (including phenoxy) is 1. The summed E-state index contributed by atoms with van der Waals surface area (Å²) in [6, 6.07) is 7.10. The third-order valence-electron chi connectivity index (χ3n) is 2.03. The van der Waals surface area contributed by atoms with Gasteiger partial charge in [-0.05, 0) is 12.1 Å². The zero-order valence-electron chi connectivity index (χ0n) is 9.27. The van der Waals surface area contributed by atoms with Gasteiger partial charge >= 0.3 is 0 Å². The van der Waals surface area contributed by atoms with Crippen LogP contribution < -0.4 is 15.8 Å². The number of hydrogen-bond donors (Lipinski definition) is 2. The van der Waals surface area contributed by atoms with E-state index in [0.717, 1.165) is 0 Å². The van der Waals surface area contributed by atoms with Crippen molar-refractivity contribution in [2.45, 2.75) is 0 Å². The van der Waals surface area contributed by atoms with Crippen molar-refractivity contribution < 1.29 is 9.53 Å². The lowest BCUT2D eigenvalue weighted by molar-refractivity contribution is 0.0955. The number of methoxy groups -OCH3 is 1. The molecule has 0 aliphatic rings. The van der Waals surface area contributed by atoms with Crippen LogP contribution in [-0.4, -0.2) is 26.1 Å². The monoisotopic (exact) mass is 220 g/mol. The molecule has 0 saturated heterocycles. The molecule has 1 aromatic carbocycles. The Balaban J connectivity index is 2.62. The quantitative estimate of drug-likeness (QED) is 0.726. The molecule has 0 spiro atoms. The molecule has 3 N–H and O–H groups in total. The first-order valence-electron chi connectivity index (χ1n) is 5.06. The van der Waals surface area contributed by atoms with Crippen LogP contribution in [0.2, 0.25) is 0 Å². The van der Waals surface area contributed by atoms with E-state index in [0.29, 0.717) is 24.4 Å². The predicted octanol–water partition coefficient (Wildman–Crippen LogP) is 0.940. The average molecular weight is 220 g/mol. The molecule has 1 amide bonds. The summed E-state index contributed by atoms with van der Waals surface area (Å²) in [5.74, 6) is 0.418. The van der Waals surface area contributed by atoms with Crippen molar-refractivity contribution in [2.24, 2.45) is 5.73 Å². The summed E-state index contributed by atoms with van der Waals surface area (Å²) in [6.07, 6.45) is 3.61. The second kappa shape index (κ2) is 6.63. The lowest BCUT2D eigenvalue weighted by Gasteiger charge is -2.07. The van der Waals surface area contributed by atoms with Gasteiger partial charge in [0.15, 0.2) is 0 Å². The van der Waals surface area contributed by atoms with Crippen LogP contribution in [0.3, 0.4) is 0 Å². The van der Waals surface area contributed by atoms with Crippen LogP contribution in [0.25, 0.3) is 0 Å². The van der Waals surface area contributed by atoms with Crippen LogP contribution in [0.15, 0.2) is 36.4 Å². The van der Waals surface area contributed by atoms with Gasteiger partial charge in [-0.2, -0.15) is 0 Å². The molecule has 0 aliphatic heterocycles. The molecule has 1 aromatic rings. The molecule has 4 nitrogen and oxygen atoms in total. The SMILES string of the molecule is COc1ccccc1C(=O)NC/C=C/CN. The van der Waals surface area contributed by atoms with Gasteiger partial charge in [0, 0.05) is 13.1 Å². The molecule has 0 saturated carbocycles. The van der Waals surface area contributed by atoms with Gasteiger partial charge < -0.3 is 15.8 Å². The van der Waals surface area contributed by atoms with Crippen LogP contribution in [0.1, 0.15) is 10.4 Å². The number of nitrogens with two attached hydrogens (primary N) is 1. The topological polar surface area (TPSA) is 64.3 Å². The molecule has 16 heavy (non-hydrogen) atoms. The highest BCUT2D eigenvalue weighted by Crippen LogP contribution is 2.16. The van der Waals surface area contributed by atoms with Crippen LogP contribution in [0.4, 0.5) is 0 Å². The van der Waals surface area contributed by atoms with Crippen LogP contribution in [0.5, 0.6) is 5.75 Å². The van der Waals surface area contributed by atoms with Gasteiger partial charge in [0.2, 0.25) is 0 Å². The number of benzene rings is 1. The molecular formula is C12H16N2O2. The maximum absolute atomic E-state index is 11.7. The Kier molecular flexibility index (Phi) is 5.08. The minimum absolute atomic E-state index is 0.154. The molecule has 1 rings (SSSR count). The number of carbonyl (C=O) groups excluding carboxylic acids is 1. The number of rotatable bonds is 5. The van der Waals surface area contributed by atoms with Gasteiger partial charge in [0.25, 0.3) is 5.91 Å². The Morgan fingerprint density at radius 1 is 1.44 bits per heavy atom. The van der Waals surface area contributed by atoms with Crippen molar-refractivity contribution in [1.29, 1.82) is 0 Å². The summed E-state index contributed by atoms with van der Waals surface area (Å²) in [5, 5.41) is 2.75. The fourth-order valence-electron chi connectivity index (χ4n) is 1.26. The van der Waals surface area contributed by atoms with Gasteiger partial charge in [0.05, 0.1) is 12.7 Å². The van der Waals surface area contributed by atoms with Crippen molar-refractivity contribution in [3.8, 4) is 5.75 Å². The molecule has 0 heterocycles. The highest BCUT2D eigenvalue weighted by Gasteiger charge is 2.09. The predicted molar refractivity (Wildman–Crippen MR) is 63.5 cm³/mol. The molecule has 0 fully saturated rings. The zero-order valence-corrected chi connectivity index (χ0v) is 9.27. The van der Waals surface area contributed by atoms with Crippen LogP contribution in [0, 0.1) is 0 Å². The molecule has 86 valence electrons. The summed E-state index contributed by atoms with van der Waals surface area (Å²) in [6.45, 7) is 0.943. The van der Waals surface area contributed by atoms with E-state index in [1.165, 1.54) is 0 Å². The number of carbonyl (C=O) groups is 1. The van der Waals surface area contributed by atoms with E-state index < -0.39 is 0 Å². The van der Waals surface area contributed by atoms with Gasteiger partial charge in [-0.15, -0.1) is 0 Å². The van der Waals surface area contributed by atoms with E-state index >= 15 is 0 Å². The Bertz CT molecular complexity index is 375. The number of para-hydroxylation sites is 1. The van der Waals surface area contributed by atoms with Gasteiger partial charge in [-0.25, -0.2) is 0 Å². The Morgan fingerprint density at radius 3 is 2.88 bits per heavy atom. The summed E-state index contributed by atoms with van der Waals surface area (Å²) < 4.78 is 5.10. The van der Waals surface area contributed by atoms with Crippen molar-refractivity contribution in [3.63, 3.8) is 0 Å². The van der Waals surface area contributed by atoms with Crippen molar-refractivity contribution in [2.75, 3.05) is 20.2 Å². The van der Waals surface area contributed by atoms with Crippen molar-refractivity contribution in [3.05, 3.63) is 42.0 Å². The number of nitrogens with one attached hydrogen (secondary N) is 1. The fourth-order valence-corrected chi connectivity index (χ4v) is 1.26. The van der Waals surface area contributed by atoms with Gasteiger partial charge in [-0.3, -0.25) is 4.79 Å². The Labute approximate surface area is 95.1 Å². The van der Waals surface area contributed by atoms with Gasteiger partial charge in [-0.1, -0.05) is 24.3 Å². The lowest BCUT2D eigenvalue weighted by Crippen LogP contribution is -2.23. The van der Waals surface area contributed by atoms with E-state index in [1.54, 1.807) is 31.4 Å². The number of hydrogen-bond acceptors (Lipinski definition) is 3. The highest BCUT2D eigenvalue weighted by molar-refractivity contribution is 5.96. The molecule has 0 atom stereocenters. The zero-order chi connectivity index (χ0) is 11.8. The average Bonchev–Trinajstić information content (AvgIpc) is 2.34. The first kappa shape index (κ1) is 12.3. The molecule has 0 aromatic heterocycles. The van der Waals surface area contributed by atoms with E-state index in [2.05, 4.69) is 5.32 Å². The maximum atomic E-state index is 11.7. The molecule has 4 heteroatoms. The van der Waals surface area contributed by atoms with Crippen molar-refractivity contribution in [1.82, 2.24) is 5.32 Å². The Hall–Kier alpha value is -1.81. The van der Waals surface area contributed by atoms with E-state index in [-0.39, 0.29) is 5.91 Å². The first-order valence-corrected chi connectivity index (χ1v) is 5.06. The second-order valence-electron chi connectivity index (χ2n) is 3.12. The smallest absolute Gasteiger partial charge is 0.255 e. The molecule has 0 bridgehead atoms. The molecule has 0 aliphatic carbocycles. The van der Waals surface area contributed by atoms with E-state index in [1.807, 2.05) is 12.1 Å². The van der Waals surface area contributed by atoms with Crippen LogP contribution >= 0.6 is 0 Å². The molecule has 0 unspecified atom stereocenters. The van der Waals surface area contributed by atoms with E-state index in [4.69, 9.17) is 10.5 Å². The number of amides is 1. The molecular weight excluding hydrogens is 204 g/mol. The standard InChI is InChI=1S/C12H16N2O2/c1-16-11-7-3-2-6-10(11)12(15)14-9-5-4-8-13/h2-7H,8-9,13H2,1H3,(H,14,15)/b5-4+. The fraction of sp³-hybridized carbons (Fsp3) is 0.250. The van der Waals surface area contributed by atoms with Gasteiger partial charge in [0.1, 0.15) is 5.75 Å². The summed E-state index contributed by atoms with van der Waals surface area (Å²) in [4.78, 5) is 11.7. The second-order valence-corrected chi connectivity index (χ2v) is 3.12. The summed E-state index contributed by atoms with van der Waals surface area (Å²) >= 11 is 0. The minimum Gasteiger partial charge on any atom is -0.496 e. The third-order valence-corrected chi connectivity index (χ3v) is 2.03. The normalized spacial score (nSPS) is 10.4. The summed E-state index contributed by atoms with van der Waals surface area (Å²) in [7, 11) is 1.54. The first-order chi connectivity index (χ1) is 7.79. The van der Waals surface area contributed by atoms with Crippen molar-refractivity contribution >= 4 is 5.91 Å². The lowest BCUT2D eigenvalue weighted by atomic mass is 10.2. The van der Waals surface area contributed by atoms with Crippen LogP contribution in [-0.2, 0) is 0 Å². The third kappa shape index (κ3) is 3.40.